The number of primary amides is 1. The molecule has 0 radical (unpaired) electrons. The van der Waals surface area contributed by atoms with E-state index in [-0.39, 0.29) is 11.4 Å². The smallest absolute Gasteiger partial charge is 0.286 e. The number of nitrogens with zero attached hydrogens (tertiary/aromatic N) is 1. The minimum atomic E-state index is -2.98. The van der Waals surface area contributed by atoms with Crippen molar-refractivity contribution in [2.45, 2.75) is 44.7 Å². The number of halogens is 2. The first-order valence-corrected chi connectivity index (χ1v) is 8.79. The van der Waals surface area contributed by atoms with E-state index in [2.05, 4.69) is 5.32 Å². The van der Waals surface area contributed by atoms with Crippen LogP contribution in [0.2, 0.25) is 0 Å². The number of fused-ring (bicyclic) bond motifs is 1. The van der Waals surface area contributed by atoms with Crippen molar-refractivity contribution in [1.29, 1.82) is 0 Å². The van der Waals surface area contributed by atoms with E-state index in [0.717, 1.165) is 0 Å². The molecular weight excluding hydrogens is 372 g/mol. The highest BCUT2D eigenvalue weighted by molar-refractivity contribution is 6.11. The lowest BCUT2D eigenvalue weighted by atomic mass is 10.0. The van der Waals surface area contributed by atoms with Crippen molar-refractivity contribution in [3.8, 4) is 5.75 Å². The summed E-state index contributed by atoms with van der Waals surface area (Å²) in [6, 6.07) is 3.71. The van der Waals surface area contributed by atoms with E-state index in [1.807, 2.05) is 0 Å². The normalized spacial score (nSPS) is 19.7. The van der Waals surface area contributed by atoms with Gasteiger partial charge in [-0.25, -0.2) is 8.78 Å². The van der Waals surface area contributed by atoms with E-state index in [1.54, 1.807) is 39.0 Å². The number of anilines is 1. The van der Waals surface area contributed by atoms with E-state index in [4.69, 9.17) is 14.9 Å². The molecule has 0 aliphatic carbocycles. The molecule has 1 aromatic heterocycles. The van der Waals surface area contributed by atoms with Gasteiger partial charge >= 0.3 is 0 Å². The Labute approximate surface area is 160 Å². The predicted molar refractivity (Wildman–Crippen MR) is 99.7 cm³/mol. The first kappa shape index (κ1) is 20.1. The molecule has 9 heteroatoms. The number of carbonyl (C=O) groups excluding carboxylic acids is 2. The molecule has 2 aromatic rings. The molecule has 1 aliphatic heterocycles. The highest BCUT2D eigenvalue weighted by atomic mass is 19.3. The largest absolute Gasteiger partial charge is 0.497 e. The lowest BCUT2D eigenvalue weighted by Gasteiger charge is -2.35. The first-order chi connectivity index (χ1) is 12.9. The number of benzene rings is 1. The summed E-state index contributed by atoms with van der Waals surface area (Å²) in [6.07, 6.45) is -0.610. The number of hydrogen-bond acceptors (Lipinski definition) is 5. The van der Waals surface area contributed by atoms with E-state index in [9.17, 15) is 18.4 Å². The maximum atomic E-state index is 14.0. The Morgan fingerprint density at radius 3 is 2.61 bits per heavy atom. The van der Waals surface area contributed by atoms with Gasteiger partial charge in [0.15, 0.2) is 0 Å². The zero-order valence-corrected chi connectivity index (χ0v) is 16.1. The van der Waals surface area contributed by atoms with Crippen LogP contribution in [0.5, 0.6) is 5.75 Å². The highest BCUT2D eigenvalue weighted by Crippen LogP contribution is 2.38. The number of rotatable bonds is 4. The lowest BCUT2D eigenvalue weighted by molar-refractivity contribution is -0.122. The predicted octanol–water partition coefficient (Wildman–Crippen LogP) is 2.99. The standard InChI is InChI=1S/C19H23F2N3O4/c1-18(2,3)24-9-19(20,21)8-12(24)17(26)23-14-11-7-10(27-4)5-6-13(11)28-15(14)16(22)25/h5-7,12H,8-9H2,1-4H3,(H2,22,25)(H,23,26)/t12-/m1/s1. The SMILES string of the molecule is COc1ccc2oc(C(N)=O)c(NC(=O)[C@H]3CC(F)(F)CN3C(C)(C)C)c2c1. The summed E-state index contributed by atoms with van der Waals surface area (Å²) in [5.41, 5.74) is 5.09. The van der Waals surface area contributed by atoms with E-state index in [1.165, 1.54) is 12.0 Å². The van der Waals surface area contributed by atoms with Gasteiger partial charge in [0, 0.05) is 17.3 Å². The highest BCUT2D eigenvalue weighted by Gasteiger charge is 2.51. The minimum absolute atomic E-state index is 0.0514. The third-order valence-corrected chi connectivity index (χ3v) is 4.80. The first-order valence-electron chi connectivity index (χ1n) is 8.79. The van der Waals surface area contributed by atoms with Crippen LogP contribution in [0.15, 0.2) is 22.6 Å². The number of nitrogens with two attached hydrogens (primary N) is 1. The van der Waals surface area contributed by atoms with Gasteiger partial charge in [-0.3, -0.25) is 14.5 Å². The summed E-state index contributed by atoms with van der Waals surface area (Å²) in [6.45, 7) is 4.78. The third kappa shape index (κ3) is 3.66. The fraction of sp³-hybridized carbons (Fsp3) is 0.474. The second-order valence-corrected chi connectivity index (χ2v) is 7.90. The van der Waals surface area contributed by atoms with Crippen molar-refractivity contribution >= 4 is 28.5 Å². The maximum absolute atomic E-state index is 14.0. The number of hydrogen-bond donors (Lipinski definition) is 2. The quantitative estimate of drug-likeness (QED) is 0.829. The van der Waals surface area contributed by atoms with Gasteiger partial charge in [0.2, 0.25) is 11.7 Å². The van der Waals surface area contributed by atoms with Gasteiger partial charge in [-0.05, 0) is 39.0 Å². The van der Waals surface area contributed by atoms with Crippen LogP contribution >= 0.6 is 0 Å². The Morgan fingerprint density at radius 1 is 1.36 bits per heavy atom. The average Bonchev–Trinajstić information content (AvgIpc) is 3.11. The van der Waals surface area contributed by atoms with Gasteiger partial charge in [0.25, 0.3) is 11.8 Å². The van der Waals surface area contributed by atoms with Crippen LogP contribution in [-0.4, -0.2) is 47.9 Å². The van der Waals surface area contributed by atoms with Crippen LogP contribution in [0.25, 0.3) is 11.0 Å². The Hall–Kier alpha value is -2.68. The average molecular weight is 395 g/mol. The molecule has 1 fully saturated rings. The second kappa shape index (κ2) is 6.73. The van der Waals surface area contributed by atoms with E-state index in [0.29, 0.717) is 16.7 Å². The van der Waals surface area contributed by atoms with Crippen molar-refractivity contribution in [1.82, 2.24) is 4.90 Å². The number of amides is 2. The molecule has 3 N–H and O–H groups in total. The molecular formula is C19H23F2N3O4. The molecule has 0 spiro atoms. The molecule has 152 valence electrons. The summed E-state index contributed by atoms with van der Waals surface area (Å²) >= 11 is 0. The molecule has 0 bridgehead atoms. The summed E-state index contributed by atoms with van der Waals surface area (Å²) in [7, 11) is 1.47. The molecule has 1 atom stereocenters. The third-order valence-electron chi connectivity index (χ3n) is 4.80. The van der Waals surface area contributed by atoms with Crippen LogP contribution in [0, 0.1) is 0 Å². The summed E-state index contributed by atoms with van der Waals surface area (Å²) in [5, 5.41) is 2.98. The van der Waals surface area contributed by atoms with Crippen molar-refractivity contribution in [3.05, 3.63) is 24.0 Å². The van der Waals surface area contributed by atoms with Gasteiger partial charge in [-0.1, -0.05) is 0 Å². The molecule has 2 heterocycles. The molecule has 28 heavy (non-hydrogen) atoms. The van der Waals surface area contributed by atoms with Gasteiger partial charge in [-0.15, -0.1) is 0 Å². The van der Waals surface area contributed by atoms with Gasteiger partial charge in [0.1, 0.15) is 17.0 Å². The van der Waals surface area contributed by atoms with E-state index < -0.39 is 42.3 Å². The van der Waals surface area contributed by atoms with Crippen molar-refractivity contribution < 1.29 is 27.5 Å². The van der Waals surface area contributed by atoms with Gasteiger partial charge in [-0.2, -0.15) is 0 Å². The fourth-order valence-corrected chi connectivity index (χ4v) is 3.46. The van der Waals surface area contributed by atoms with Gasteiger partial charge in [0.05, 0.1) is 19.7 Å². The number of nitrogens with one attached hydrogen (secondary N) is 1. The Balaban J connectivity index is 2.00. The number of furan rings is 1. The summed E-state index contributed by atoms with van der Waals surface area (Å²) in [5.74, 6) is -4.29. The monoisotopic (exact) mass is 395 g/mol. The van der Waals surface area contributed by atoms with E-state index >= 15 is 0 Å². The molecule has 1 aliphatic rings. The molecule has 0 saturated carbocycles. The van der Waals surface area contributed by atoms with Crippen LogP contribution in [0.4, 0.5) is 14.5 Å². The number of carbonyl (C=O) groups is 2. The van der Waals surface area contributed by atoms with Crippen LogP contribution in [0.1, 0.15) is 37.7 Å². The lowest BCUT2D eigenvalue weighted by Crippen LogP contribution is -2.49. The number of methoxy groups -OCH3 is 1. The number of ether oxygens (including phenoxy) is 1. The minimum Gasteiger partial charge on any atom is -0.497 e. The summed E-state index contributed by atoms with van der Waals surface area (Å²) < 4.78 is 38.7. The molecule has 7 nitrogen and oxygen atoms in total. The number of likely N-dealkylation sites (tertiary alicyclic amines) is 1. The van der Waals surface area contributed by atoms with Crippen molar-refractivity contribution in [2.24, 2.45) is 5.73 Å². The molecule has 0 unspecified atom stereocenters. The Kier molecular flexibility index (Phi) is 4.82. The molecule has 1 aromatic carbocycles. The topological polar surface area (TPSA) is 97.8 Å². The zero-order chi connectivity index (χ0) is 20.9. The molecule has 3 rings (SSSR count). The van der Waals surface area contributed by atoms with Crippen LogP contribution in [-0.2, 0) is 4.79 Å². The van der Waals surface area contributed by atoms with Crippen LogP contribution < -0.4 is 15.8 Å². The van der Waals surface area contributed by atoms with Crippen molar-refractivity contribution in [3.63, 3.8) is 0 Å². The number of alkyl halides is 2. The van der Waals surface area contributed by atoms with Gasteiger partial charge < -0.3 is 20.2 Å². The zero-order valence-electron chi connectivity index (χ0n) is 16.1. The Morgan fingerprint density at radius 2 is 2.04 bits per heavy atom. The van der Waals surface area contributed by atoms with Crippen molar-refractivity contribution in [2.75, 3.05) is 19.0 Å². The maximum Gasteiger partial charge on any atom is 0.286 e. The molecule has 1 saturated heterocycles. The fourth-order valence-electron chi connectivity index (χ4n) is 3.46. The second-order valence-electron chi connectivity index (χ2n) is 7.90. The van der Waals surface area contributed by atoms with Crippen LogP contribution in [0.3, 0.4) is 0 Å². The molecule has 2 amide bonds. The Bertz CT molecular complexity index is 933. The summed E-state index contributed by atoms with van der Waals surface area (Å²) in [4.78, 5) is 26.2.